The number of aliphatic hydroxyl groups excluding tert-OH is 1. The average molecular weight is 235 g/mol. The first-order valence-corrected chi connectivity index (χ1v) is 5.94. The Balaban J connectivity index is 2.76. The summed E-state index contributed by atoms with van der Waals surface area (Å²) in [5.41, 5.74) is 0.836. The van der Waals surface area contributed by atoms with Crippen molar-refractivity contribution in [1.82, 2.24) is 4.90 Å². The lowest BCUT2D eigenvalue weighted by Gasteiger charge is -2.30. The quantitative estimate of drug-likeness (QED) is 0.869. The summed E-state index contributed by atoms with van der Waals surface area (Å²) in [6.07, 6.45) is -0.649. The zero-order valence-corrected chi connectivity index (χ0v) is 10.9. The monoisotopic (exact) mass is 235 g/mol. The maximum absolute atomic E-state index is 11.8. The van der Waals surface area contributed by atoms with Gasteiger partial charge in [-0.15, -0.1) is 0 Å². The molecule has 3 nitrogen and oxygen atoms in total. The lowest BCUT2D eigenvalue weighted by Crippen LogP contribution is -2.41. The van der Waals surface area contributed by atoms with Gasteiger partial charge in [0.15, 0.2) is 0 Å². The molecule has 0 saturated carbocycles. The van der Waals surface area contributed by atoms with E-state index in [1.807, 2.05) is 51.1 Å². The van der Waals surface area contributed by atoms with Gasteiger partial charge in [0.05, 0.1) is 12.1 Å². The molecule has 2 atom stereocenters. The fraction of sp³-hybridized carbons (Fsp3) is 0.500. The highest BCUT2D eigenvalue weighted by molar-refractivity contribution is 5.78. The van der Waals surface area contributed by atoms with Gasteiger partial charge < -0.3 is 10.0 Å². The Labute approximate surface area is 103 Å². The standard InChI is InChI=1S/C14H21NO2/c1-10(2)14(17)15(4)11(3)13(16)12-8-6-5-7-9-12/h5-11,13,16H,1-4H3. The number of hydrogen-bond donors (Lipinski definition) is 1. The van der Waals surface area contributed by atoms with Crippen molar-refractivity contribution in [3.05, 3.63) is 35.9 Å². The molecule has 0 radical (unpaired) electrons. The second kappa shape index (κ2) is 5.82. The summed E-state index contributed by atoms with van der Waals surface area (Å²) in [5.74, 6) is -0.00194. The highest BCUT2D eigenvalue weighted by Crippen LogP contribution is 2.20. The molecule has 1 N–H and O–H groups in total. The van der Waals surface area contributed by atoms with Crippen LogP contribution in [0.1, 0.15) is 32.4 Å². The van der Waals surface area contributed by atoms with Crippen LogP contribution in [-0.4, -0.2) is 29.0 Å². The summed E-state index contributed by atoms with van der Waals surface area (Å²) in [6.45, 7) is 5.58. The van der Waals surface area contributed by atoms with Crippen molar-refractivity contribution >= 4 is 5.91 Å². The van der Waals surface area contributed by atoms with E-state index in [0.29, 0.717) is 0 Å². The number of carbonyl (C=O) groups is 1. The SMILES string of the molecule is CC(C)C(=O)N(C)C(C)C(O)c1ccccc1. The molecule has 17 heavy (non-hydrogen) atoms. The molecule has 0 aromatic heterocycles. The first-order chi connectivity index (χ1) is 7.95. The molecule has 0 aliphatic rings. The van der Waals surface area contributed by atoms with Gasteiger partial charge in [0.25, 0.3) is 0 Å². The van der Waals surface area contributed by atoms with Crippen molar-refractivity contribution in [2.24, 2.45) is 5.92 Å². The van der Waals surface area contributed by atoms with Crippen molar-refractivity contribution in [1.29, 1.82) is 0 Å². The number of rotatable bonds is 4. The van der Waals surface area contributed by atoms with Crippen LogP contribution >= 0.6 is 0 Å². The summed E-state index contributed by atoms with van der Waals surface area (Å²) in [6, 6.07) is 9.19. The number of carbonyl (C=O) groups excluding carboxylic acids is 1. The molecular formula is C14H21NO2. The third-order valence-electron chi connectivity index (χ3n) is 3.05. The lowest BCUT2D eigenvalue weighted by molar-refractivity contribution is -0.137. The van der Waals surface area contributed by atoms with Crippen LogP contribution in [0.2, 0.25) is 0 Å². The van der Waals surface area contributed by atoms with Crippen molar-refractivity contribution in [3.63, 3.8) is 0 Å². The lowest BCUT2D eigenvalue weighted by atomic mass is 10.0. The van der Waals surface area contributed by atoms with Crippen LogP contribution in [0.5, 0.6) is 0 Å². The van der Waals surface area contributed by atoms with Gasteiger partial charge in [0.2, 0.25) is 5.91 Å². The maximum Gasteiger partial charge on any atom is 0.225 e. The minimum atomic E-state index is -0.649. The predicted octanol–water partition coefficient (Wildman–Crippen LogP) is 2.22. The van der Waals surface area contributed by atoms with Crippen LogP contribution in [0.25, 0.3) is 0 Å². The Kier molecular flexibility index (Phi) is 4.70. The molecule has 94 valence electrons. The smallest absolute Gasteiger partial charge is 0.225 e. The summed E-state index contributed by atoms with van der Waals surface area (Å²) >= 11 is 0. The topological polar surface area (TPSA) is 40.5 Å². The van der Waals surface area contributed by atoms with Crippen molar-refractivity contribution < 1.29 is 9.90 Å². The fourth-order valence-corrected chi connectivity index (χ4v) is 1.75. The van der Waals surface area contributed by atoms with E-state index in [1.54, 1.807) is 11.9 Å². The van der Waals surface area contributed by atoms with Gasteiger partial charge in [0.1, 0.15) is 0 Å². The summed E-state index contributed by atoms with van der Waals surface area (Å²) in [5, 5.41) is 10.2. The van der Waals surface area contributed by atoms with Crippen LogP contribution in [0.15, 0.2) is 30.3 Å². The van der Waals surface area contributed by atoms with E-state index < -0.39 is 6.10 Å². The molecule has 1 aromatic rings. The average Bonchev–Trinajstić information content (AvgIpc) is 2.36. The van der Waals surface area contributed by atoms with Gasteiger partial charge in [-0.2, -0.15) is 0 Å². The molecular weight excluding hydrogens is 214 g/mol. The van der Waals surface area contributed by atoms with Gasteiger partial charge in [-0.1, -0.05) is 44.2 Å². The van der Waals surface area contributed by atoms with E-state index in [0.717, 1.165) is 5.56 Å². The normalized spacial score (nSPS) is 14.5. The van der Waals surface area contributed by atoms with E-state index in [-0.39, 0.29) is 17.9 Å². The van der Waals surface area contributed by atoms with E-state index in [4.69, 9.17) is 0 Å². The molecule has 0 saturated heterocycles. The van der Waals surface area contributed by atoms with Crippen LogP contribution in [0.3, 0.4) is 0 Å². The van der Waals surface area contributed by atoms with E-state index in [1.165, 1.54) is 0 Å². The van der Waals surface area contributed by atoms with E-state index >= 15 is 0 Å². The van der Waals surface area contributed by atoms with Gasteiger partial charge >= 0.3 is 0 Å². The minimum Gasteiger partial charge on any atom is -0.386 e. The molecule has 1 amide bonds. The first-order valence-electron chi connectivity index (χ1n) is 5.94. The summed E-state index contributed by atoms with van der Waals surface area (Å²) < 4.78 is 0. The van der Waals surface area contributed by atoms with Crippen molar-refractivity contribution in [2.75, 3.05) is 7.05 Å². The molecule has 0 bridgehead atoms. The Bertz CT molecular complexity index is 362. The number of aliphatic hydroxyl groups is 1. The number of hydrogen-bond acceptors (Lipinski definition) is 2. The third-order valence-corrected chi connectivity index (χ3v) is 3.05. The van der Waals surface area contributed by atoms with Crippen molar-refractivity contribution in [2.45, 2.75) is 32.9 Å². The Morgan fingerprint density at radius 3 is 2.18 bits per heavy atom. The van der Waals surface area contributed by atoms with Gasteiger partial charge in [0, 0.05) is 13.0 Å². The summed E-state index contributed by atoms with van der Waals surface area (Å²) in [4.78, 5) is 13.4. The molecule has 3 heteroatoms. The number of likely N-dealkylation sites (N-methyl/N-ethyl adjacent to an activating group) is 1. The first kappa shape index (κ1) is 13.7. The number of nitrogens with zero attached hydrogens (tertiary/aromatic N) is 1. The Morgan fingerprint density at radius 2 is 1.71 bits per heavy atom. The molecule has 0 spiro atoms. The Hall–Kier alpha value is -1.35. The molecule has 1 rings (SSSR count). The maximum atomic E-state index is 11.8. The molecule has 1 aromatic carbocycles. The second-order valence-corrected chi connectivity index (χ2v) is 4.70. The molecule has 0 aliphatic carbocycles. The number of amides is 1. The van der Waals surface area contributed by atoms with E-state index in [2.05, 4.69) is 0 Å². The minimum absolute atomic E-state index is 0.0486. The fourth-order valence-electron chi connectivity index (χ4n) is 1.75. The highest BCUT2D eigenvalue weighted by atomic mass is 16.3. The second-order valence-electron chi connectivity index (χ2n) is 4.70. The molecule has 0 fully saturated rings. The predicted molar refractivity (Wildman–Crippen MR) is 68.5 cm³/mol. The third kappa shape index (κ3) is 3.30. The Morgan fingerprint density at radius 1 is 1.18 bits per heavy atom. The van der Waals surface area contributed by atoms with Gasteiger partial charge in [-0.25, -0.2) is 0 Å². The van der Waals surface area contributed by atoms with Crippen LogP contribution in [0.4, 0.5) is 0 Å². The van der Waals surface area contributed by atoms with Crippen LogP contribution in [-0.2, 0) is 4.79 Å². The highest BCUT2D eigenvalue weighted by Gasteiger charge is 2.25. The molecule has 2 unspecified atom stereocenters. The zero-order chi connectivity index (χ0) is 13.0. The van der Waals surface area contributed by atoms with Gasteiger partial charge in [-0.3, -0.25) is 4.79 Å². The largest absolute Gasteiger partial charge is 0.386 e. The van der Waals surface area contributed by atoms with Crippen molar-refractivity contribution in [3.8, 4) is 0 Å². The zero-order valence-electron chi connectivity index (χ0n) is 10.9. The number of benzene rings is 1. The van der Waals surface area contributed by atoms with Crippen LogP contribution < -0.4 is 0 Å². The van der Waals surface area contributed by atoms with Crippen LogP contribution in [0, 0.1) is 5.92 Å². The van der Waals surface area contributed by atoms with Gasteiger partial charge in [-0.05, 0) is 12.5 Å². The molecule has 0 heterocycles. The van der Waals surface area contributed by atoms with E-state index in [9.17, 15) is 9.90 Å². The summed E-state index contributed by atoms with van der Waals surface area (Å²) in [7, 11) is 1.74. The molecule has 0 aliphatic heterocycles.